The third-order valence-corrected chi connectivity index (χ3v) is 4.33. The Bertz CT molecular complexity index is 634. The smallest absolute Gasteiger partial charge is 0.234 e. The van der Waals surface area contributed by atoms with Crippen molar-refractivity contribution in [1.82, 2.24) is 0 Å². The first-order chi connectivity index (χ1) is 9.58. The van der Waals surface area contributed by atoms with Gasteiger partial charge in [-0.3, -0.25) is 4.79 Å². The zero-order valence-electron chi connectivity index (χ0n) is 10.3. The lowest BCUT2D eigenvalue weighted by molar-refractivity contribution is -0.113. The molecule has 0 saturated heterocycles. The average molecular weight is 328 g/mol. The second kappa shape index (κ2) is 6.88. The number of carbonyl (C=O) groups excluding carboxylic acids is 1. The molecule has 0 aliphatic rings. The van der Waals surface area contributed by atoms with Gasteiger partial charge in [-0.25, -0.2) is 0 Å². The number of nitrogens with one attached hydrogen (secondary N) is 1. The number of hydrogen-bond acceptors (Lipinski definition) is 3. The predicted octanol–water partition coefficient (Wildman–Crippen LogP) is 4.43. The number of anilines is 1. The van der Waals surface area contributed by atoms with Crippen molar-refractivity contribution in [2.75, 3.05) is 11.1 Å². The lowest BCUT2D eigenvalue weighted by atomic mass is 10.3. The van der Waals surface area contributed by atoms with Gasteiger partial charge in [0.15, 0.2) is 0 Å². The number of halogens is 2. The van der Waals surface area contributed by atoms with E-state index in [-0.39, 0.29) is 17.4 Å². The minimum absolute atomic E-state index is 0.158. The van der Waals surface area contributed by atoms with E-state index in [4.69, 9.17) is 23.2 Å². The molecule has 0 heterocycles. The molecule has 0 aliphatic heterocycles. The first kappa shape index (κ1) is 15.0. The summed E-state index contributed by atoms with van der Waals surface area (Å²) in [6.45, 7) is 0. The van der Waals surface area contributed by atoms with Crippen LogP contribution >= 0.6 is 35.0 Å². The summed E-state index contributed by atoms with van der Waals surface area (Å²) in [4.78, 5) is 12.5. The minimum Gasteiger partial charge on any atom is -0.507 e. The molecule has 0 spiro atoms. The molecule has 104 valence electrons. The van der Waals surface area contributed by atoms with Crippen molar-refractivity contribution in [3.05, 3.63) is 52.5 Å². The Balaban J connectivity index is 1.96. The fraction of sp³-hybridized carbons (Fsp3) is 0.0714. The Hall–Kier alpha value is -1.36. The Morgan fingerprint density at radius 1 is 1.15 bits per heavy atom. The molecule has 2 aromatic rings. The van der Waals surface area contributed by atoms with Crippen LogP contribution < -0.4 is 5.32 Å². The number of benzene rings is 2. The van der Waals surface area contributed by atoms with Gasteiger partial charge in [-0.05, 0) is 24.3 Å². The van der Waals surface area contributed by atoms with Crippen molar-refractivity contribution in [1.29, 1.82) is 0 Å². The zero-order valence-corrected chi connectivity index (χ0v) is 12.6. The Morgan fingerprint density at radius 2 is 1.90 bits per heavy atom. The molecule has 0 aromatic heterocycles. The van der Waals surface area contributed by atoms with Gasteiger partial charge in [-0.1, -0.05) is 41.4 Å². The molecule has 2 aromatic carbocycles. The van der Waals surface area contributed by atoms with Crippen LogP contribution in [-0.2, 0) is 4.79 Å². The highest BCUT2D eigenvalue weighted by atomic mass is 35.5. The molecule has 3 nitrogen and oxygen atoms in total. The lowest BCUT2D eigenvalue weighted by Gasteiger charge is -2.08. The van der Waals surface area contributed by atoms with E-state index in [1.54, 1.807) is 42.5 Å². The normalized spacial score (nSPS) is 10.3. The van der Waals surface area contributed by atoms with Crippen LogP contribution in [-0.4, -0.2) is 16.8 Å². The maximum absolute atomic E-state index is 11.8. The highest BCUT2D eigenvalue weighted by Crippen LogP contribution is 2.30. The number of amides is 1. The number of carbonyl (C=O) groups is 1. The Kier molecular flexibility index (Phi) is 5.17. The van der Waals surface area contributed by atoms with Crippen molar-refractivity contribution in [2.45, 2.75) is 4.90 Å². The second-order valence-electron chi connectivity index (χ2n) is 3.91. The average Bonchev–Trinajstić information content (AvgIpc) is 2.43. The van der Waals surface area contributed by atoms with Gasteiger partial charge >= 0.3 is 0 Å². The van der Waals surface area contributed by atoms with Gasteiger partial charge in [-0.2, -0.15) is 0 Å². The minimum atomic E-state index is -0.220. The molecular formula is C14H11Cl2NO2S. The zero-order chi connectivity index (χ0) is 14.5. The number of para-hydroxylation sites is 1. The van der Waals surface area contributed by atoms with Crippen molar-refractivity contribution in [2.24, 2.45) is 0 Å². The Labute approximate surface area is 130 Å². The molecular weight excluding hydrogens is 317 g/mol. The van der Waals surface area contributed by atoms with Crippen LogP contribution in [0.5, 0.6) is 5.75 Å². The van der Waals surface area contributed by atoms with Crippen LogP contribution in [0.1, 0.15) is 0 Å². The van der Waals surface area contributed by atoms with Crippen LogP contribution in [0, 0.1) is 0 Å². The summed E-state index contributed by atoms with van der Waals surface area (Å²) in [5, 5.41) is 13.0. The second-order valence-corrected chi connectivity index (χ2v) is 5.71. The summed E-state index contributed by atoms with van der Waals surface area (Å²) >= 11 is 13.1. The van der Waals surface area contributed by atoms with Crippen molar-refractivity contribution < 1.29 is 9.90 Å². The fourth-order valence-corrected chi connectivity index (χ4v) is 2.61. The lowest BCUT2D eigenvalue weighted by Crippen LogP contribution is -2.14. The van der Waals surface area contributed by atoms with E-state index in [9.17, 15) is 9.90 Å². The van der Waals surface area contributed by atoms with E-state index in [0.717, 1.165) is 0 Å². The number of hydrogen-bond donors (Lipinski definition) is 2. The quantitative estimate of drug-likeness (QED) is 0.816. The molecule has 6 heteroatoms. The summed E-state index contributed by atoms with van der Waals surface area (Å²) in [5.41, 5.74) is 0.474. The summed E-state index contributed by atoms with van der Waals surface area (Å²) in [7, 11) is 0. The highest BCUT2D eigenvalue weighted by Gasteiger charge is 2.09. The summed E-state index contributed by atoms with van der Waals surface area (Å²) < 4.78 is 0. The van der Waals surface area contributed by atoms with Gasteiger partial charge in [0.1, 0.15) is 5.75 Å². The van der Waals surface area contributed by atoms with Gasteiger partial charge in [-0.15, -0.1) is 11.8 Å². The predicted molar refractivity (Wildman–Crippen MR) is 83.9 cm³/mol. The van der Waals surface area contributed by atoms with Crippen LogP contribution in [0.3, 0.4) is 0 Å². The molecule has 0 bridgehead atoms. The van der Waals surface area contributed by atoms with Gasteiger partial charge in [0.2, 0.25) is 5.91 Å². The number of phenols is 1. The topological polar surface area (TPSA) is 49.3 Å². The van der Waals surface area contributed by atoms with Crippen molar-refractivity contribution in [3.63, 3.8) is 0 Å². The molecule has 0 aliphatic carbocycles. The van der Waals surface area contributed by atoms with Gasteiger partial charge in [0.25, 0.3) is 0 Å². The van der Waals surface area contributed by atoms with E-state index in [1.165, 1.54) is 11.8 Å². The maximum atomic E-state index is 11.8. The highest BCUT2D eigenvalue weighted by molar-refractivity contribution is 8.00. The number of rotatable bonds is 4. The molecule has 0 radical (unpaired) electrons. The van der Waals surface area contributed by atoms with E-state index in [0.29, 0.717) is 20.6 Å². The van der Waals surface area contributed by atoms with Crippen molar-refractivity contribution >= 4 is 46.6 Å². The first-order valence-electron chi connectivity index (χ1n) is 5.72. The molecule has 1 amide bonds. The standard InChI is InChI=1S/C14H11Cl2NO2S/c15-9-4-3-5-10(14(9)16)17-13(19)8-20-12-7-2-1-6-11(12)18/h1-7,18H,8H2,(H,17,19). The van der Waals surface area contributed by atoms with Crippen LogP contribution in [0.2, 0.25) is 10.0 Å². The van der Waals surface area contributed by atoms with Crippen LogP contribution in [0.15, 0.2) is 47.4 Å². The molecule has 0 saturated carbocycles. The molecule has 0 atom stereocenters. The van der Waals surface area contributed by atoms with E-state index in [1.807, 2.05) is 0 Å². The molecule has 2 N–H and O–H groups in total. The third-order valence-electron chi connectivity index (χ3n) is 2.45. The molecule has 0 unspecified atom stereocenters. The van der Waals surface area contributed by atoms with E-state index >= 15 is 0 Å². The van der Waals surface area contributed by atoms with Gasteiger partial charge < -0.3 is 10.4 Å². The third kappa shape index (κ3) is 3.82. The number of aromatic hydroxyl groups is 1. The van der Waals surface area contributed by atoms with E-state index < -0.39 is 0 Å². The maximum Gasteiger partial charge on any atom is 0.234 e. The van der Waals surface area contributed by atoms with Gasteiger partial charge in [0, 0.05) is 4.90 Å². The van der Waals surface area contributed by atoms with Crippen molar-refractivity contribution in [3.8, 4) is 5.75 Å². The fourth-order valence-electron chi connectivity index (χ4n) is 1.51. The monoisotopic (exact) mass is 327 g/mol. The molecule has 2 rings (SSSR count). The van der Waals surface area contributed by atoms with Gasteiger partial charge in [0.05, 0.1) is 21.5 Å². The summed E-state index contributed by atoms with van der Waals surface area (Å²) in [6, 6.07) is 11.9. The molecule has 20 heavy (non-hydrogen) atoms. The summed E-state index contributed by atoms with van der Waals surface area (Å²) in [6.07, 6.45) is 0. The van der Waals surface area contributed by atoms with Crippen LogP contribution in [0.4, 0.5) is 5.69 Å². The SMILES string of the molecule is O=C(CSc1ccccc1O)Nc1cccc(Cl)c1Cl. The summed E-state index contributed by atoms with van der Waals surface area (Å²) in [5.74, 6) is 0.106. The first-order valence-corrected chi connectivity index (χ1v) is 7.46. The van der Waals surface area contributed by atoms with Crippen LogP contribution in [0.25, 0.3) is 0 Å². The number of thioether (sulfide) groups is 1. The molecule has 0 fully saturated rings. The largest absolute Gasteiger partial charge is 0.507 e. The Morgan fingerprint density at radius 3 is 2.65 bits per heavy atom. The van der Waals surface area contributed by atoms with E-state index in [2.05, 4.69) is 5.32 Å². The number of phenolic OH excluding ortho intramolecular Hbond substituents is 1.